The number of aryl methyl sites for hydroxylation is 2. The van der Waals surface area contributed by atoms with Crippen molar-refractivity contribution in [2.24, 2.45) is 0 Å². The molecular formula is C23H22N2O8. The van der Waals surface area contributed by atoms with E-state index in [1.54, 1.807) is 24.3 Å². The number of benzene rings is 2. The number of non-ortho nitro benzene ring substituents is 1. The van der Waals surface area contributed by atoms with Crippen LogP contribution in [0.1, 0.15) is 33.7 Å². The Bertz CT molecular complexity index is 1150. The number of nitro groups is 1. The minimum atomic E-state index is -0.504. The topological polar surface area (TPSA) is 123 Å². The number of hydrogen-bond acceptors (Lipinski definition) is 9. The van der Waals surface area contributed by atoms with Crippen molar-refractivity contribution in [3.05, 3.63) is 80.2 Å². The number of nitro benzene ring substituents is 1. The Balaban J connectivity index is 1.34. The number of esters is 1. The standard InChI is InChI=1S/C23H22N2O8/c1-14-21(15(2)33-24-14)12-30-20-5-3-16(4-6-20)7-22(26)31-11-18-9-19(25(27)28)8-17-10-29-13-32-23(17)18/h3-6,8-9H,7,10-13H2,1-2H3. The van der Waals surface area contributed by atoms with Crippen molar-refractivity contribution in [2.75, 3.05) is 6.79 Å². The first kappa shape index (κ1) is 22.3. The van der Waals surface area contributed by atoms with Crippen molar-refractivity contribution in [3.63, 3.8) is 0 Å². The summed E-state index contributed by atoms with van der Waals surface area (Å²) in [6.07, 6.45) is 0.0469. The van der Waals surface area contributed by atoms with Gasteiger partial charge in [-0.1, -0.05) is 17.3 Å². The smallest absolute Gasteiger partial charge is 0.310 e. The summed E-state index contributed by atoms with van der Waals surface area (Å²) >= 11 is 0. The second kappa shape index (κ2) is 9.70. The van der Waals surface area contributed by atoms with E-state index in [-0.39, 0.29) is 32.1 Å². The minimum Gasteiger partial charge on any atom is -0.489 e. The molecule has 0 atom stereocenters. The lowest BCUT2D eigenvalue weighted by atomic mass is 10.1. The van der Waals surface area contributed by atoms with Crippen LogP contribution in [-0.4, -0.2) is 22.8 Å². The van der Waals surface area contributed by atoms with Crippen LogP contribution in [0, 0.1) is 24.0 Å². The maximum atomic E-state index is 12.3. The maximum Gasteiger partial charge on any atom is 0.310 e. The van der Waals surface area contributed by atoms with Crippen LogP contribution in [0.15, 0.2) is 40.9 Å². The zero-order valence-electron chi connectivity index (χ0n) is 18.2. The van der Waals surface area contributed by atoms with Gasteiger partial charge in [0.25, 0.3) is 5.69 Å². The fraction of sp³-hybridized carbons (Fsp3) is 0.304. The summed E-state index contributed by atoms with van der Waals surface area (Å²) in [6, 6.07) is 9.84. The fourth-order valence-electron chi connectivity index (χ4n) is 3.44. The first-order chi connectivity index (χ1) is 15.9. The number of aromatic nitrogens is 1. The molecular weight excluding hydrogens is 432 g/mol. The SMILES string of the molecule is Cc1noc(C)c1COc1ccc(CC(=O)OCc2cc([N+](=O)[O-])cc3c2OCOC3)cc1. The Hall–Kier alpha value is -3.92. The molecule has 33 heavy (non-hydrogen) atoms. The maximum absolute atomic E-state index is 12.3. The highest BCUT2D eigenvalue weighted by atomic mass is 16.7. The molecule has 4 rings (SSSR count). The van der Waals surface area contributed by atoms with Gasteiger partial charge in [0.15, 0.2) is 6.79 Å². The van der Waals surface area contributed by atoms with Crippen LogP contribution in [-0.2, 0) is 40.5 Å². The third-order valence-electron chi connectivity index (χ3n) is 5.21. The Labute approximate surface area is 189 Å². The number of rotatable bonds is 8. The van der Waals surface area contributed by atoms with Crippen molar-refractivity contribution in [1.29, 1.82) is 0 Å². The van der Waals surface area contributed by atoms with Crippen molar-refractivity contribution >= 4 is 11.7 Å². The lowest BCUT2D eigenvalue weighted by Crippen LogP contribution is -2.15. The van der Waals surface area contributed by atoms with Crippen LogP contribution in [0.3, 0.4) is 0 Å². The van der Waals surface area contributed by atoms with Gasteiger partial charge in [-0.15, -0.1) is 0 Å². The lowest BCUT2D eigenvalue weighted by molar-refractivity contribution is -0.385. The molecule has 0 amide bonds. The first-order valence-corrected chi connectivity index (χ1v) is 10.2. The van der Waals surface area contributed by atoms with Crippen LogP contribution in [0.4, 0.5) is 5.69 Å². The molecule has 0 spiro atoms. The number of fused-ring (bicyclic) bond motifs is 1. The van der Waals surface area contributed by atoms with Gasteiger partial charge in [-0.3, -0.25) is 14.9 Å². The van der Waals surface area contributed by atoms with Gasteiger partial charge in [-0.2, -0.15) is 0 Å². The van der Waals surface area contributed by atoms with E-state index >= 15 is 0 Å². The molecule has 1 aromatic heterocycles. The van der Waals surface area contributed by atoms with Crippen molar-refractivity contribution in [1.82, 2.24) is 5.16 Å². The monoisotopic (exact) mass is 454 g/mol. The number of ether oxygens (including phenoxy) is 4. The van der Waals surface area contributed by atoms with Gasteiger partial charge >= 0.3 is 5.97 Å². The summed E-state index contributed by atoms with van der Waals surface area (Å²) in [7, 11) is 0. The summed E-state index contributed by atoms with van der Waals surface area (Å²) in [5, 5.41) is 15.1. The van der Waals surface area contributed by atoms with Crippen molar-refractivity contribution < 1.29 is 33.2 Å². The van der Waals surface area contributed by atoms with E-state index in [4.69, 9.17) is 23.5 Å². The molecule has 3 aromatic rings. The third kappa shape index (κ3) is 5.29. The molecule has 1 aliphatic heterocycles. The molecule has 0 saturated heterocycles. The third-order valence-corrected chi connectivity index (χ3v) is 5.21. The van der Waals surface area contributed by atoms with Gasteiger partial charge in [0, 0.05) is 23.3 Å². The average molecular weight is 454 g/mol. The Morgan fingerprint density at radius 1 is 1.18 bits per heavy atom. The van der Waals surface area contributed by atoms with Gasteiger partial charge in [0.05, 0.1) is 29.2 Å². The normalized spacial score (nSPS) is 12.5. The number of nitrogens with zero attached hydrogens (tertiary/aromatic N) is 2. The zero-order valence-corrected chi connectivity index (χ0v) is 18.2. The lowest BCUT2D eigenvalue weighted by Gasteiger charge is -2.20. The Morgan fingerprint density at radius 3 is 2.67 bits per heavy atom. The van der Waals surface area contributed by atoms with E-state index in [1.165, 1.54) is 12.1 Å². The van der Waals surface area contributed by atoms with Crippen molar-refractivity contribution in [3.8, 4) is 11.5 Å². The quantitative estimate of drug-likeness (QED) is 0.283. The van der Waals surface area contributed by atoms with Crippen LogP contribution < -0.4 is 9.47 Å². The molecule has 0 N–H and O–H groups in total. The van der Waals surface area contributed by atoms with Crippen LogP contribution in [0.25, 0.3) is 0 Å². The molecule has 10 nitrogen and oxygen atoms in total. The molecule has 2 aromatic carbocycles. The van der Waals surface area contributed by atoms with E-state index < -0.39 is 10.9 Å². The van der Waals surface area contributed by atoms with E-state index in [0.717, 1.165) is 22.6 Å². The van der Waals surface area contributed by atoms with Crippen LogP contribution >= 0.6 is 0 Å². The number of hydrogen-bond donors (Lipinski definition) is 0. The first-order valence-electron chi connectivity index (χ1n) is 10.2. The summed E-state index contributed by atoms with van der Waals surface area (Å²) in [4.78, 5) is 23.0. The molecule has 0 aliphatic carbocycles. The largest absolute Gasteiger partial charge is 0.489 e. The molecule has 0 fully saturated rings. The number of carbonyl (C=O) groups is 1. The summed E-state index contributed by atoms with van der Waals surface area (Å²) in [5.74, 6) is 1.36. The van der Waals surface area contributed by atoms with E-state index in [2.05, 4.69) is 5.16 Å². The summed E-state index contributed by atoms with van der Waals surface area (Å²) in [5.41, 5.74) is 3.31. The predicted molar refractivity (Wildman–Crippen MR) is 114 cm³/mol. The van der Waals surface area contributed by atoms with E-state index in [0.29, 0.717) is 29.2 Å². The van der Waals surface area contributed by atoms with Gasteiger partial charge in [0.2, 0.25) is 0 Å². The van der Waals surface area contributed by atoms with Gasteiger partial charge in [-0.25, -0.2) is 0 Å². The highest BCUT2D eigenvalue weighted by Crippen LogP contribution is 2.33. The van der Waals surface area contributed by atoms with Gasteiger partial charge in [-0.05, 0) is 31.5 Å². The Morgan fingerprint density at radius 2 is 1.97 bits per heavy atom. The Kier molecular flexibility index (Phi) is 6.55. The molecule has 10 heteroatoms. The predicted octanol–water partition coefficient (Wildman–Crippen LogP) is 3.93. The zero-order chi connectivity index (χ0) is 23.4. The van der Waals surface area contributed by atoms with Crippen LogP contribution in [0.5, 0.6) is 11.5 Å². The second-order valence-corrected chi connectivity index (χ2v) is 7.53. The fourth-order valence-corrected chi connectivity index (χ4v) is 3.44. The van der Waals surface area contributed by atoms with E-state index in [1.807, 2.05) is 13.8 Å². The second-order valence-electron chi connectivity index (χ2n) is 7.53. The van der Waals surface area contributed by atoms with Gasteiger partial charge < -0.3 is 23.5 Å². The number of carbonyl (C=O) groups excluding carboxylic acids is 1. The summed E-state index contributed by atoms with van der Waals surface area (Å²) in [6.45, 7) is 4.12. The molecule has 0 saturated carbocycles. The molecule has 172 valence electrons. The highest BCUT2D eigenvalue weighted by molar-refractivity contribution is 5.72. The average Bonchev–Trinajstić information content (AvgIpc) is 3.13. The minimum absolute atomic E-state index is 0.0381. The highest BCUT2D eigenvalue weighted by Gasteiger charge is 2.22. The molecule has 2 heterocycles. The molecule has 1 aliphatic rings. The molecule has 0 radical (unpaired) electrons. The van der Waals surface area contributed by atoms with Crippen molar-refractivity contribution in [2.45, 2.75) is 40.1 Å². The molecule has 0 bridgehead atoms. The molecule has 0 unspecified atom stereocenters. The van der Waals surface area contributed by atoms with E-state index in [9.17, 15) is 14.9 Å². The summed E-state index contributed by atoms with van der Waals surface area (Å²) < 4.78 is 26.9. The van der Waals surface area contributed by atoms with Crippen LogP contribution in [0.2, 0.25) is 0 Å². The van der Waals surface area contributed by atoms with Gasteiger partial charge in [0.1, 0.15) is 30.5 Å².